The van der Waals surface area contributed by atoms with Crippen molar-refractivity contribution in [3.63, 3.8) is 0 Å². The van der Waals surface area contributed by atoms with Crippen molar-refractivity contribution < 1.29 is 102 Å². The van der Waals surface area contributed by atoms with E-state index in [4.69, 9.17) is 51.4 Å². The molecule has 3 aliphatic carbocycles. The molecule has 1 aromatic heterocycles. The summed E-state index contributed by atoms with van der Waals surface area (Å²) in [6.45, 7) is 13.0. The van der Waals surface area contributed by atoms with Crippen LogP contribution in [0.15, 0.2) is 118 Å². The normalized spacial score (nSPS) is 24.6. The highest BCUT2D eigenvalue weighted by Crippen LogP contribution is 2.65. The second-order valence-corrected chi connectivity index (χ2v) is 29.6. The molecule has 2 bridgehead atoms. The number of rotatable bonds is 33. The Balaban J connectivity index is 1.08. The maximum absolute atomic E-state index is 15.8. The van der Waals surface area contributed by atoms with Crippen LogP contribution in [0.1, 0.15) is 152 Å². The predicted octanol–water partition coefficient (Wildman–Crippen LogP) is 3.24. The van der Waals surface area contributed by atoms with Gasteiger partial charge >= 0.3 is 29.8 Å². The Morgan fingerprint density at radius 3 is 1.94 bits per heavy atom. The van der Waals surface area contributed by atoms with Crippen LogP contribution in [0, 0.1) is 22.7 Å². The van der Waals surface area contributed by atoms with Crippen LogP contribution in [0.2, 0.25) is 0 Å². The van der Waals surface area contributed by atoms with Crippen LogP contribution in [0.3, 0.4) is 0 Å². The zero-order valence-corrected chi connectivity index (χ0v) is 62.1. The topological polar surface area (TPSA) is 494 Å². The third-order valence-electron chi connectivity index (χ3n) is 20.9. The van der Waals surface area contributed by atoms with Crippen molar-refractivity contribution >= 4 is 82.9 Å². The average molecular weight is 1510 g/mol. The van der Waals surface area contributed by atoms with E-state index in [1.54, 1.807) is 101 Å². The molecule has 2 unspecified atom stereocenters. The highest BCUT2D eigenvalue weighted by molar-refractivity contribution is 7.99. The highest BCUT2D eigenvalue weighted by atomic mass is 32.2. The molecule has 5 amide bonds. The molecule has 16 N–H and O–H groups in total. The summed E-state index contributed by atoms with van der Waals surface area (Å²) in [7, 11) is 0. The number of aromatic nitrogens is 1. The van der Waals surface area contributed by atoms with E-state index < -0.39 is 185 Å². The van der Waals surface area contributed by atoms with Gasteiger partial charge in [-0.25, -0.2) is 9.59 Å². The van der Waals surface area contributed by atoms with E-state index in [9.17, 15) is 68.4 Å². The molecule has 2 saturated carbocycles. The number of hydrogen-bond donors (Lipinski definition) is 12. The standard InChI is InChI=1S/C75H98N10O21S/c1-10-39(2)59(41(4)86)83-67(96)49(28-29-55(77)90)82-66(95)48(27-20-31-80-71(78)79)81-65(94)47(76)37-107-52-33-56(91)85(68(52)97)32-30-57(92)104-61(60(44-21-14-11-15-22-44)84-64(93)45-23-16-12-17-24-45)70(99)103-50-36-75(100)63(105-69(98)46-25-18-13-19-26-46)62-73(9,53(89)34-54-74(62,38-101-54)106-43(6)88)35-51(102-42(5)87)58(40(50)3)72(75,7)8/h11-19,21-26,33,39,47-51,53-54,59-63,89,91,97,100H,10,20,27-32,34-38,76H2,1-9H3,(H2,77,90)(H,81,94)(H,82,95)(H,83,96)(H,84,93)(H4,78,79,80)/t39?,47-,48-,49-,50-,51-,53-,54+,59-,60-,61+,62?,63-,73+,74-,75+/m0/s1. The second-order valence-electron chi connectivity index (χ2n) is 28.6. The number of carbonyl (C=O) groups is 11. The van der Waals surface area contributed by atoms with Crippen LogP contribution < -0.4 is 44.2 Å². The first kappa shape index (κ1) is 82.8. The third-order valence-corrected chi connectivity index (χ3v) is 22.1. The zero-order chi connectivity index (χ0) is 78.6. The van der Waals surface area contributed by atoms with Gasteiger partial charge in [-0.3, -0.25) is 52.7 Å². The monoisotopic (exact) mass is 1510 g/mol. The van der Waals surface area contributed by atoms with Gasteiger partial charge in [0.15, 0.2) is 23.2 Å². The number of Topliss-reactive ketones (excluding diaryl/α,β-unsaturated/α-hetero) is 1. The molecule has 2 heterocycles. The first-order chi connectivity index (χ1) is 50.5. The Morgan fingerprint density at radius 2 is 1.36 bits per heavy atom. The number of aromatic hydroxyl groups is 2. The minimum atomic E-state index is -2.44. The van der Waals surface area contributed by atoms with Crippen molar-refractivity contribution in [2.45, 2.75) is 210 Å². The van der Waals surface area contributed by atoms with Crippen molar-refractivity contribution in [2.24, 2.45) is 50.6 Å². The third kappa shape index (κ3) is 18.9. The summed E-state index contributed by atoms with van der Waals surface area (Å²) < 4.78 is 38.7. The van der Waals surface area contributed by atoms with Gasteiger partial charge in [-0.2, -0.15) is 0 Å². The minimum Gasteiger partial charge on any atom is -0.494 e. The number of aliphatic hydroxyl groups is 2. The second kappa shape index (κ2) is 35.2. The maximum Gasteiger partial charge on any atom is 0.350 e. The number of primary amides is 1. The van der Waals surface area contributed by atoms with Gasteiger partial charge in [-0.15, -0.1) is 11.8 Å². The number of fused-ring (bicyclic) bond motifs is 5. The molecule has 1 aliphatic heterocycles. The molecule has 0 radical (unpaired) electrons. The smallest absolute Gasteiger partial charge is 0.350 e. The first-order valence-electron chi connectivity index (χ1n) is 35.4. The Kier molecular flexibility index (Phi) is 27.2. The van der Waals surface area contributed by atoms with Gasteiger partial charge in [0.1, 0.15) is 48.1 Å². The molecule has 4 aromatic rings. The molecule has 8 rings (SSSR count). The molecule has 31 nitrogen and oxygen atoms in total. The maximum atomic E-state index is 15.8. The summed E-state index contributed by atoms with van der Waals surface area (Å²) in [4.78, 5) is 156. The number of aliphatic imine (C=N–C) groups is 1. The molecule has 16 atom stereocenters. The van der Waals surface area contributed by atoms with Crippen LogP contribution >= 0.6 is 11.8 Å². The lowest BCUT2D eigenvalue weighted by Crippen LogP contribution is -2.80. The molecule has 107 heavy (non-hydrogen) atoms. The summed E-state index contributed by atoms with van der Waals surface area (Å²) >= 11 is 0.797. The number of carbonyl (C=O) groups excluding carboxylic acids is 11. The zero-order valence-electron chi connectivity index (χ0n) is 61.3. The molecule has 32 heteroatoms. The fourth-order valence-corrected chi connectivity index (χ4v) is 16.0. The van der Waals surface area contributed by atoms with Crippen LogP contribution in [-0.2, 0) is 78.1 Å². The largest absolute Gasteiger partial charge is 0.494 e. The van der Waals surface area contributed by atoms with Crippen LogP contribution in [0.25, 0.3) is 0 Å². The highest BCUT2D eigenvalue weighted by Gasteiger charge is 2.76. The molecule has 4 aliphatic rings. The van der Waals surface area contributed by atoms with Crippen molar-refractivity contribution in [2.75, 3.05) is 18.9 Å². The number of hydrogen-bond acceptors (Lipinski definition) is 24. The van der Waals surface area contributed by atoms with Crippen molar-refractivity contribution in [1.29, 1.82) is 0 Å². The van der Waals surface area contributed by atoms with Gasteiger partial charge in [0.05, 0.1) is 47.6 Å². The van der Waals surface area contributed by atoms with E-state index in [-0.39, 0.29) is 108 Å². The minimum absolute atomic E-state index is 0.0230. The van der Waals surface area contributed by atoms with Gasteiger partial charge in [0.25, 0.3) is 5.91 Å². The SMILES string of the molecule is CCC(C)[C@H](NC(=O)[C@H](CCC(N)=O)NC(=O)[C@H](CCCN=C(N)N)NC(=O)[C@@H](N)CSc1cc(O)n(CCC(=O)O[C@@H](C(=O)O[C@H]2C[C@@]3(O)[C@@H](OC(=O)c4ccccc4)C4[C@](C)(C[C@H](OC(C)=O)C(=C2C)C3(C)C)[C@@H](O)C[C@H]2OC[C@@]42OC(C)=O)[C@@H](NC(=O)c2ccccc2)c2ccccc2)c1O)C(C)=O. The summed E-state index contributed by atoms with van der Waals surface area (Å²) in [5, 5.41) is 60.2. The Bertz CT molecular complexity index is 4010. The van der Waals surface area contributed by atoms with E-state index >= 15 is 4.79 Å². The van der Waals surface area contributed by atoms with E-state index in [2.05, 4.69) is 26.3 Å². The number of ether oxygens (including phenoxy) is 6. The Labute approximate surface area is 623 Å². The molecule has 580 valence electrons. The van der Waals surface area contributed by atoms with E-state index in [1.807, 2.05) is 6.92 Å². The molecular formula is C75H98N10O21S. The number of aliphatic hydroxyl groups excluding tert-OH is 1. The number of amides is 5. The number of benzene rings is 3. The number of nitrogens with two attached hydrogens (primary N) is 4. The molecular weight excluding hydrogens is 1410 g/mol. The predicted molar refractivity (Wildman–Crippen MR) is 387 cm³/mol. The number of thioether (sulfide) groups is 1. The number of esters is 5. The lowest BCUT2D eigenvalue weighted by molar-refractivity contribution is -0.354. The van der Waals surface area contributed by atoms with E-state index in [0.717, 1.165) is 22.4 Å². The van der Waals surface area contributed by atoms with Crippen LogP contribution in [-0.4, -0.2) is 187 Å². The number of ketones is 1. The number of guanidine groups is 1. The van der Waals surface area contributed by atoms with Crippen molar-refractivity contribution in [1.82, 2.24) is 25.8 Å². The van der Waals surface area contributed by atoms with Gasteiger partial charge in [-0.1, -0.05) is 108 Å². The van der Waals surface area contributed by atoms with Gasteiger partial charge in [-0.05, 0) is 86.4 Å². The van der Waals surface area contributed by atoms with E-state index in [0.29, 0.717) is 6.42 Å². The summed E-state index contributed by atoms with van der Waals surface area (Å²) in [6.07, 6.45) is -10.8. The lowest BCUT2D eigenvalue weighted by atomic mass is 9.45. The summed E-state index contributed by atoms with van der Waals surface area (Å²) in [5.41, 5.74) is 16.4. The quantitative estimate of drug-likeness (QED) is 0.00619. The van der Waals surface area contributed by atoms with Crippen molar-refractivity contribution in [3.05, 3.63) is 125 Å². The van der Waals surface area contributed by atoms with Gasteiger partial charge in [0.2, 0.25) is 35.6 Å². The number of nitrogens with one attached hydrogen (secondary N) is 4. The Morgan fingerprint density at radius 1 is 0.757 bits per heavy atom. The molecule has 1 saturated heterocycles. The molecule has 3 fully saturated rings. The summed E-state index contributed by atoms with van der Waals surface area (Å²) in [5.74, 6) is -12.7. The molecule has 3 aromatic carbocycles. The van der Waals surface area contributed by atoms with E-state index in [1.165, 1.54) is 45.0 Å². The Hall–Kier alpha value is -9.89. The van der Waals surface area contributed by atoms with Crippen LogP contribution in [0.4, 0.5) is 0 Å². The fraction of sp³-hybridized carbons (Fsp3) is 0.520. The number of nitrogens with zero attached hydrogens (tertiary/aromatic N) is 2. The lowest BCUT2D eigenvalue weighted by Gasteiger charge is -2.68. The average Bonchev–Trinajstić information content (AvgIpc) is 0.922. The van der Waals surface area contributed by atoms with Crippen LogP contribution in [0.5, 0.6) is 11.8 Å². The fourth-order valence-electron chi connectivity index (χ4n) is 15.1. The van der Waals surface area contributed by atoms with Gasteiger partial charge < -0.3 is 93.0 Å². The summed E-state index contributed by atoms with van der Waals surface area (Å²) in [6, 6.07) is 18.1. The first-order valence-corrected chi connectivity index (χ1v) is 36.4. The van der Waals surface area contributed by atoms with Gasteiger partial charge in [0, 0.05) is 74.4 Å². The van der Waals surface area contributed by atoms with Crippen molar-refractivity contribution in [3.8, 4) is 11.8 Å². The molecule has 0 spiro atoms.